The van der Waals surface area contributed by atoms with E-state index in [1.54, 1.807) is 22.9 Å². The van der Waals surface area contributed by atoms with E-state index in [4.69, 9.17) is 10.4 Å². The minimum atomic E-state index is -0.931. The predicted molar refractivity (Wildman–Crippen MR) is 50.8 cm³/mol. The van der Waals surface area contributed by atoms with E-state index in [1.807, 2.05) is 6.92 Å². The molecule has 0 aliphatic carbocycles. The molecule has 0 aromatic carbocycles. The Kier molecular flexibility index (Phi) is 3.29. The standard InChI is InChI=1S/C10H12N2O2/c1-8(7-11)4-6-12-5-2-3-9(12)10(13)14/h2-3,5,8H,4,6H2,1H3,(H,13,14). The molecule has 1 unspecified atom stereocenters. The molecule has 14 heavy (non-hydrogen) atoms. The van der Waals surface area contributed by atoms with Crippen LogP contribution in [0.3, 0.4) is 0 Å². The van der Waals surface area contributed by atoms with Crippen LogP contribution in [0.1, 0.15) is 23.8 Å². The second-order valence-corrected chi connectivity index (χ2v) is 3.21. The highest BCUT2D eigenvalue weighted by Crippen LogP contribution is 2.07. The third-order valence-electron chi connectivity index (χ3n) is 2.07. The fraction of sp³-hybridized carbons (Fsp3) is 0.400. The molecule has 0 bridgehead atoms. The van der Waals surface area contributed by atoms with Crippen molar-refractivity contribution >= 4 is 5.97 Å². The van der Waals surface area contributed by atoms with Crippen LogP contribution in [0.2, 0.25) is 0 Å². The van der Waals surface area contributed by atoms with E-state index < -0.39 is 5.97 Å². The van der Waals surface area contributed by atoms with Gasteiger partial charge in [-0.15, -0.1) is 0 Å². The summed E-state index contributed by atoms with van der Waals surface area (Å²) < 4.78 is 1.65. The van der Waals surface area contributed by atoms with Crippen LogP contribution < -0.4 is 0 Å². The van der Waals surface area contributed by atoms with Crippen molar-refractivity contribution in [1.29, 1.82) is 5.26 Å². The van der Waals surface area contributed by atoms with Crippen LogP contribution >= 0.6 is 0 Å². The van der Waals surface area contributed by atoms with E-state index in [2.05, 4.69) is 6.07 Å². The highest BCUT2D eigenvalue weighted by molar-refractivity contribution is 5.85. The highest BCUT2D eigenvalue weighted by atomic mass is 16.4. The lowest BCUT2D eigenvalue weighted by molar-refractivity contribution is 0.0684. The van der Waals surface area contributed by atoms with Gasteiger partial charge in [0.1, 0.15) is 5.69 Å². The van der Waals surface area contributed by atoms with Crippen LogP contribution in [0.15, 0.2) is 18.3 Å². The summed E-state index contributed by atoms with van der Waals surface area (Å²) in [6.45, 7) is 2.40. The number of carbonyl (C=O) groups is 1. The molecule has 1 rings (SSSR count). The topological polar surface area (TPSA) is 66.0 Å². The van der Waals surface area contributed by atoms with Crippen molar-refractivity contribution in [2.45, 2.75) is 19.9 Å². The van der Waals surface area contributed by atoms with Crippen molar-refractivity contribution < 1.29 is 9.90 Å². The summed E-state index contributed by atoms with van der Waals surface area (Å²) in [4.78, 5) is 10.7. The van der Waals surface area contributed by atoms with Crippen molar-refractivity contribution in [3.63, 3.8) is 0 Å². The molecule has 1 heterocycles. The first-order chi connectivity index (χ1) is 6.65. The molecule has 0 aliphatic heterocycles. The lowest BCUT2D eigenvalue weighted by Gasteiger charge is -2.06. The van der Waals surface area contributed by atoms with E-state index in [0.717, 1.165) is 0 Å². The number of nitriles is 1. The van der Waals surface area contributed by atoms with Crippen molar-refractivity contribution in [3.05, 3.63) is 24.0 Å². The van der Waals surface area contributed by atoms with Crippen LogP contribution in [0.25, 0.3) is 0 Å². The van der Waals surface area contributed by atoms with E-state index in [0.29, 0.717) is 13.0 Å². The summed E-state index contributed by atoms with van der Waals surface area (Å²) in [6.07, 6.45) is 2.39. The lowest BCUT2D eigenvalue weighted by atomic mass is 10.1. The summed E-state index contributed by atoms with van der Waals surface area (Å²) in [6, 6.07) is 5.37. The number of aromatic carboxylic acids is 1. The Hall–Kier alpha value is -1.76. The van der Waals surface area contributed by atoms with Gasteiger partial charge >= 0.3 is 5.97 Å². The quantitative estimate of drug-likeness (QED) is 0.790. The van der Waals surface area contributed by atoms with Gasteiger partial charge in [0.05, 0.1) is 6.07 Å². The Morgan fingerprint density at radius 1 is 1.79 bits per heavy atom. The van der Waals surface area contributed by atoms with Crippen molar-refractivity contribution in [2.24, 2.45) is 5.92 Å². The Morgan fingerprint density at radius 2 is 2.50 bits per heavy atom. The predicted octanol–water partition coefficient (Wildman–Crippen LogP) is 1.74. The van der Waals surface area contributed by atoms with Gasteiger partial charge in [-0.3, -0.25) is 0 Å². The van der Waals surface area contributed by atoms with Crippen molar-refractivity contribution in [3.8, 4) is 6.07 Å². The number of carboxylic acids is 1. The molecule has 1 atom stereocenters. The van der Waals surface area contributed by atoms with Gasteiger partial charge in [0.2, 0.25) is 0 Å². The average molecular weight is 192 g/mol. The molecule has 0 radical (unpaired) electrons. The van der Waals surface area contributed by atoms with Gasteiger partial charge in [-0.1, -0.05) is 0 Å². The lowest BCUT2D eigenvalue weighted by Crippen LogP contribution is -2.09. The van der Waals surface area contributed by atoms with E-state index in [-0.39, 0.29) is 11.6 Å². The largest absolute Gasteiger partial charge is 0.477 e. The van der Waals surface area contributed by atoms with Gasteiger partial charge in [-0.2, -0.15) is 5.26 Å². The molecule has 0 aliphatic rings. The first kappa shape index (κ1) is 10.3. The number of hydrogen-bond donors (Lipinski definition) is 1. The minimum Gasteiger partial charge on any atom is -0.477 e. The molecule has 0 amide bonds. The number of aryl methyl sites for hydroxylation is 1. The summed E-state index contributed by atoms with van der Waals surface area (Å²) in [5.41, 5.74) is 0.273. The summed E-state index contributed by atoms with van der Waals surface area (Å²) in [5.74, 6) is -0.973. The van der Waals surface area contributed by atoms with Crippen molar-refractivity contribution in [2.75, 3.05) is 0 Å². The molecular weight excluding hydrogens is 180 g/mol. The molecule has 4 heteroatoms. The number of carboxylic acid groups (broad SMARTS) is 1. The first-order valence-electron chi connectivity index (χ1n) is 4.43. The Morgan fingerprint density at radius 3 is 3.07 bits per heavy atom. The summed E-state index contributed by atoms with van der Waals surface area (Å²) in [7, 11) is 0. The zero-order chi connectivity index (χ0) is 10.6. The van der Waals surface area contributed by atoms with Crippen LogP contribution in [-0.2, 0) is 6.54 Å². The van der Waals surface area contributed by atoms with Crippen LogP contribution in [-0.4, -0.2) is 15.6 Å². The van der Waals surface area contributed by atoms with E-state index >= 15 is 0 Å². The monoisotopic (exact) mass is 192 g/mol. The fourth-order valence-electron chi connectivity index (χ4n) is 1.20. The molecule has 0 fully saturated rings. The van der Waals surface area contributed by atoms with Crippen LogP contribution in [0, 0.1) is 17.2 Å². The zero-order valence-corrected chi connectivity index (χ0v) is 7.97. The van der Waals surface area contributed by atoms with Crippen LogP contribution in [0.4, 0.5) is 0 Å². The summed E-state index contributed by atoms with van der Waals surface area (Å²) in [5, 5.41) is 17.4. The molecule has 0 saturated heterocycles. The number of hydrogen-bond acceptors (Lipinski definition) is 2. The van der Waals surface area contributed by atoms with Gasteiger partial charge in [0, 0.05) is 18.7 Å². The Balaban J connectivity index is 2.64. The zero-order valence-electron chi connectivity index (χ0n) is 7.97. The van der Waals surface area contributed by atoms with Gasteiger partial charge in [0.25, 0.3) is 0 Å². The van der Waals surface area contributed by atoms with Gasteiger partial charge in [-0.05, 0) is 25.5 Å². The minimum absolute atomic E-state index is 0.0426. The Bertz CT molecular complexity index is 362. The maximum absolute atomic E-state index is 10.7. The number of aromatic nitrogens is 1. The third kappa shape index (κ3) is 2.36. The number of nitrogens with zero attached hydrogens (tertiary/aromatic N) is 2. The van der Waals surface area contributed by atoms with Crippen molar-refractivity contribution in [1.82, 2.24) is 4.57 Å². The molecule has 1 aromatic heterocycles. The Labute approximate surface area is 82.4 Å². The molecule has 74 valence electrons. The first-order valence-corrected chi connectivity index (χ1v) is 4.43. The van der Waals surface area contributed by atoms with Gasteiger partial charge in [-0.25, -0.2) is 4.79 Å². The highest BCUT2D eigenvalue weighted by Gasteiger charge is 2.09. The molecule has 0 saturated carbocycles. The maximum atomic E-state index is 10.7. The van der Waals surface area contributed by atoms with E-state index in [1.165, 1.54) is 0 Å². The van der Waals surface area contributed by atoms with Gasteiger partial charge in [0.15, 0.2) is 0 Å². The van der Waals surface area contributed by atoms with Crippen LogP contribution in [0.5, 0.6) is 0 Å². The molecular formula is C10H12N2O2. The second kappa shape index (κ2) is 4.47. The summed E-state index contributed by atoms with van der Waals surface area (Å²) >= 11 is 0. The second-order valence-electron chi connectivity index (χ2n) is 3.21. The molecule has 1 aromatic rings. The molecule has 4 nitrogen and oxygen atoms in total. The number of rotatable bonds is 4. The molecule has 1 N–H and O–H groups in total. The normalized spacial score (nSPS) is 12.0. The maximum Gasteiger partial charge on any atom is 0.352 e. The average Bonchev–Trinajstić information content (AvgIpc) is 2.62. The van der Waals surface area contributed by atoms with E-state index in [9.17, 15) is 4.79 Å². The third-order valence-corrected chi connectivity index (χ3v) is 2.07. The smallest absolute Gasteiger partial charge is 0.352 e. The molecule has 0 spiro atoms. The SMILES string of the molecule is CC(C#N)CCn1cccc1C(=O)O. The van der Waals surface area contributed by atoms with Gasteiger partial charge < -0.3 is 9.67 Å². The fourth-order valence-corrected chi connectivity index (χ4v) is 1.20.